The van der Waals surface area contributed by atoms with Gasteiger partial charge < -0.3 is 10.4 Å². The molecule has 2 atom stereocenters. The van der Waals surface area contributed by atoms with Gasteiger partial charge in [0.05, 0.1) is 0 Å². The van der Waals surface area contributed by atoms with Crippen molar-refractivity contribution in [3.63, 3.8) is 0 Å². The summed E-state index contributed by atoms with van der Waals surface area (Å²) in [4.78, 5) is 19.3. The van der Waals surface area contributed by atoms with Gasteiger partial charge in [0, 0.05) is 17.0 Å². The number of carboxylic acid groups (broad SMARTS) is 1. The number of nitrogens with zero attached hydrogens (tertiary/aromatic N) is 2. The van der Waals surface area contributed by atoms with Crippen molar-refractivity contribution in [2.75, 3.05) is 11.1 Å². The average Bonchev–Trinajstić information content (AvgIpc) is 2.76. The maximum Gasteiger partial charge on any atom is 0.354 e. The molecule has 1 aromatic rings. The lowest BCUT2D eigenvalue weighted by Gasteiger charge is -2.20. The highest BCUT2D eigenvalue weighted by Gasteiger charge is 2.27. The smallest absolute Gasteiger partial charge is 0.354 e. The fourth-order valence-corrected chi connectivity index (χ4v) is 3.61. The second-order valence-corrected chi connectivity index (χ2v) is 6.22. The first-order chi connectivity index (χ1) is 9.10. The molecule has 2 N–H and O–H groups in total. The minimum Gasteiger partial charge on any atom is -0.477 e. The SMILES string of the molecule is CCSC1CCCC1Nc1nc(C)cc(C(=O)O)n1. The van der Waals surface area contributed by atoms with E-state index < -0.39 is 5.97 Å². The summed E-state index contributed by atoms with van der Waals surface area (Å²) >= 11 is 1.95. The van der Waals surface area contributed by atoms with E-state index in [0.29, 0.717) is 22.9 Å². The largest absolute Gasteiger partial charge is 0.477 e. The molecule has 0 amide bonds. The van der Waals surface area contributed by atoms with E-state index in [0.717, 1.165) is 12.2 Å². The molecule has 1 fully saturated rings. The van der Waals surface area contributed by atoms with Gasteiger partial charge in [-0.3, -0.25) is 0 Å². The summed E-state index contributed by atoms with van der Waals surface area (Å²) in [6, 6.07) is 1.83. The number of carbonyl (C=O) groups is 1. The maximum atomic E-state index is 11.0. The molecule has 2 rings (SSSR count). The minimum absolute atomic E-state index is 0.0488. The highest BCUT2D eigenvalue weighted by Crippen LogP contribution is 2.31. The number of hydrogen-bond donors (Lipinski definition) is 2. The molecule has 1 heterocycles. The molecule has 2 unspecified atom stereocenters. The Morgan fingerprint density at radius 1 is 1.53 bits per heavy atom. The maximum absolute atomic E-state index is 11.0. The number of aromatic nitrogens is 2. The molecule has 0 spiro atoms. The molecular weight excluding hydrogens is 262 g/mol. The summed E-state index contributed by atoms with van der Waals surface area (Å²) in [5, 5.41) is 12.9. The second-order valence-electron chi connectivity index (χ2n) is 4.70. The van der Waals surface area contributed by atoms with Crippen molar-refractivity contribution in [1.29, 1.82) is 0 Å². The minimum atomic E-state index is -1.01. The Labute approximate surface area is 117 Å². The first-order valence-corrected chi connectivity index (χ1v) is 7.62. The van der Waals surface area contributed by atoms with Crippen molar-refractivity contribution in [1.82, 2.24) is 9.97 Å². The van der Waals surface area contributed by atoms with E-state index in [1.54, 1.807) is 6.92 Å². The normalized spacial score (nSPS) is 22.4. The molecule has 1 saturated carbocycles. The molecule has 0 aliphatic heterocycles. The van der Waals surface area contributed by atoms with Gasteiger partial charge in [0.15, 0.2) is 5.69 Å². The summed E-state index contributed by atoms with van der Waals surface area (Å²) in [5.41, 5.74) is 0.722. The number of rotatable bonds is 5. The van der Waals surface area contributed by atoms with Gasteiger partial charge in [-0.1, -0.05) is 13.3 Å². The molecular formula is C13H19N3O2S. The van der Waals surface area contributed by atoms with Gasteiger partial charge >= 0.3 is 5.97 Å². The predicted octanol–water partition coefficient (Wildman–Crippen LogP) is 2.57. The summed E-state index contributed by atoms with van der Waals surface area (Å²) in [6.07, 6.45) is 3.50. The Bertz CT molecular complexity index is 467. The molecule has 1 aliphatic rings. The molecule has 0 saturated heterocycles. The summed E-state index contributed by atoms with van der Waals surface area (Å²) < 4.78 is 0. The third-order valence-corrected chi connectivity index (χ3v) is 4.55. The van der Waals surface area contributed by atoms with Crippen LogP contribution in [0.4, 0.5) is 5.95 Å². The van der Waals surface area contributed by atoms with Crippen molar-refractivity contribution < 1.29 is 9.90 Å². The van der Waals surface area contributed by atoms with Crippen LogP contribution in [0.1, 0.15) is 42.4 Å². The monoisotopic (exact) mass is 281 g/mol. The van der Waals surface area contributed by atoms with Gasteiger partial charge in [-0.15, -0.1) is 0 Å². The number of aryl methyl sites for hydroxylation is 1. The number of nitrogens with one attached hydrogen (secondary N) is 1. The van der Waals surface area contributed by atoms with E-state index >= 15 is 0 Å². The van der Waals surface area contributed by atoms with Crippen molar-refractivity contribution in [3.8, 4) is 0 Å². The van der Waals surface area contributed by atoms with Gasteiger partial charge in [0.1, 0.15) is 0 Å². The second kappa shape index (κ2) is 6.23. The molecule has 104 valence electrons. The van der Waals surface area contributed by atoms with Gasteiger partial charge in [-0.25, -0.2) is 14.8 Å². The molecule has 0 bridgehead atoms. The van der Waals surface area contributed by atoms with Gasteiger partial charge in [0.25, 0.3) is 0 Å². The lowest BCUT2D eigenvalue weighted by molar-refractivity contribution is 0.0690. The van der Waals surface area contributed by atoms with Gasteiger partial charge in [-0.2, -0.15) is 11.8 Å². The Balaban J connectivity index is 2.12. The van der Waals surface area contributed by atoms with Crippen LogP contribution in [0, 0.1) is 6.92 Å². The molecule has 1 aliphatic carbocycles. The van der Waals surface area contributed by atoms with Crippen LogP contribution in [0.5, 0.6) is 0 Å². The Kier molecular flexibility index (Phi) is 4.63. The van der Waals surface area contributed by atoms with E-state index in [1.165, 1.54) is 18.9 Å². The van der Waals surface area contributed by atoms with Crippen molar-refractivity contribution in [3.05, 3.63) is 17.5 Å². The van der Waals surface area contributed by atoms with Crippen LogP contribution in [0.2, 0.25) is 0 Å². The highest BCUT2D eigenvalue weighted by molar-refractivity contribution is 7.99. The summed E-state index contributed by atoms with van der Waals surface area (Å²) in [7, 11) is 0. The zero-order chi connectivity index (χ0) is 13.8. The predicted molar refractivity (Wildman–Crippen MR) is 76.9 cm³/mol. The highest BCUT2D eigenvalue weighted by atomic mass is 32.2. The van der Waals surface area contributed by atoms with Crippen molar-refractivity contribution >= 4 is 23.7 Å². The first kappa shape index (κ1) is 14.1. The Hall–Kier alpha value is -1.30. The molecule has 0 radical (unpaired) electrons. The summed E-state index contributed by atoms with van der Waals surface area (Å²) in [5.74, 6) is 0.517. The lowest BCUT2D eigenvalue weighted by Crippen LogP contribution is -2.27. The third kappa shape index (κ3) is 3.59. The van der Waals surface area contributed by atoms with Crippen LogP contribution in [-0.2, 0) is 0 Å². The zero-order valence-corrected chi connectivity index (χ0v) is 12.0. The number of thioether (sulfide) groups is 1. The summed E-state index contributed by atoms with van der Waals surface area (Å²) in [6.45, 7) is 3.94. The van der Waals surface area contributed by atoms with Crippen LogP contribution < -0.4 is 5.32 Å². The molecule has 0 aromatic carbocycles. The molecule has 5 nitrogen and oxygen atoms in total. The number of hydrogen-bond acceptors (Lipinski definition) is 5. The van der Waals surface area contributed by atoms with Crippen molar-refractivity contribution in [2.45, 2.75) is 44.4 Å². The molecule has 6 heteroatoms. The fourth-order valence-electron chi connectivity index (χ4n) is 2.41. The Morgan fingerprint density at radius 3 is 3.00 bits per heavy atom. The van der Waals surface area contributed by atoms with Gasteiger partial charge in [0.2, 0.25) is 5.95 Å². The van der Waals surface area contributed by atoms with Crippen LogP contribution in [-0.4, -0.2) is 38.1 Å². The number of carboxylic acids is 1. The first-order valence-electron chi connectivity index (χ1n) is 6.57. The third-order valence-electron chi connectivity index (χ3n) is 3.22. The van der Waals surface area contributed by atoms with E-state index in [2.05, 4.69) is 22.2 Å². The Morgan fingerprint density at radius 2 is 2.32 bits per heavy atom. The molecule has 1 aromatic heterocycles. The number of aromatic carboxylic acids is 1. The average molecular weight is 281 g/mol. The van der Waals surface area contributed by atoms with E-state index in [1.807, 2.05) is 11.8 Å². The quantitative estimate of drug-likeness (QED) is 0.864. The molecule has 19 heavy (non-hydrogen) atoms. The van der Waals surface area contributed by atoms with E-state index in [4.69, 9.17) is 5.11 Å². The lowest BCUT2D eigenvalue weighted by atomic mass is 10.2. The standard InChI is InChI=1S/C13H19N3O2S/c1-3-19-11-6-4-5-9(11)15-13-14-8(2)7-10(16-13)12(17)18/h7,9,11H,3-6H2,1-2H3,(H,17,18)(H,14,15,16). The van der Waals surface area contributed by atoms with Crippen LogP contribution in [0.3, 0.4) is 0 Å². The van der Waals surface area contributed by atoms with E-state index in [-0.39, 0.29) is 5.69 Å². The fraction of sp³-hybridized carbons (Fsp3) is 0.615. The van der Waals surface area contributed by atoms with Crippen LogP contribution >= 0.6 is 11.8 Å². The van der Waals surface area contributed by atoms with Crippen LogP contribution in [0.15, 0.2) is 6.07 Å². The van der Waals surface area contributed by atoms with E-state index in [9.17, 15) is 4.79 Å². The van der Waals surface area contributed by atoms with Crippen LogP contribution in [0.25, 0.3) is 0 Å². The van der Waals surface area contributed by atoms with Gasteiger partial charge in [-0.05, 0) is 31.6 Å². The zero-order valence-electron chi connectivity index (χ0n) is 11.2. The number of anilines is 1. The topological polar surface area (TPSA) is 75.1 Å². The van der Waals surface area contributed by atoms with Crippen molar-refractivity contribution in [2.24, 2.45) is 0 Å².